The molecule has 0 radical (unpaired) electrons. The Morgan fingerprint density at radius 3 is 2.42 bits per heavy atom. The number of hydrogen-bond acceptors (Lipinski definition) is 2. The number of rotatable bonds is 2. The average molecular weight is 260 g/mol. The van der Waals surface area contributed by atoms with Gasteiger partial charge in [-0.2, -0.15) is 0 Å². The van der Waals surface area contributed by atoms with Crippen LogP contribution in [0.5, 0.6) is 5.75 Å². The van der Waals surface area contributed by atoms with Crippen molar-refractivity contribution in [1.82, 2.24) is 9.97 Å². The molecule has 0 amide bonds. The van der Waals surface area contributed by atoms with Gasteiger partial charge in [0.1, 0.15) is 28.7 Å². The van der Waals surface area contributed by atoms with Crippen LogP contribution in [0.4, 0.5) is 8.78 Å². The molecule has 96 valence electrons. The number of H-pyrrole nitrogens is 1. The Balaban J connectivity index is 2.27. The number of aromatic amines is 1. The second-order valence-electron chi connectivity index (χ2n) is 4.04. The molecule has 0 bridgehead atoms. The molecule has 0 saturated heterocycles. The lowest BCUT2D eigenvalue weighted by molar-refractivity contribution is 0.419. The second-order valence-corrected chi connectivity index (χ2v) is 4.04. The molecule has 3 rings (SSSR count). The molecule has 1 N–H and O–H groups in total. The Kier molecular flexibility index (Phi) is 2.67. The van der Waals surface area contributed by atoms with Gasteiger partial charge in [-0.05, 0) is 24.3 Å². The topological polar surface area (TPSA) is 37.9 Å². The van der Waals surface area contributed by atoms with Gasteiger partial charge in [0.25, 0.3) is 0 Å². The highest BCUT2D eigenvalue weighted by atomic mass is 19.1. The smallest absolute Gasteiger partial charge is 0.146 e. The van der Waals surface area contributed by atoms with Crippen LogP contribution in [-0.4, -0.2) is 17.1 Å². The fraction of sp³-hybridized carbons (Fsp3) is 0.0714. The van der Waals surface area contributed by atoms with Gasteiger partial charge in [-0.15, -0.1) is 0 Å². The summed E-state index contributed by atoms with van der Waals surface area (Å²) in [6.45, 7) is 0. The number of methoxy groups -OCH3 is 1. The largest absolute Gasteiger partial charge is 0.494 e. The summed E-state index contributed by atoms with van der Waals surface area (Å²) in [6, 6.07) is 9.00. The third kappa shape index (κ3) is 1.83. The summed E-state index contributed by atoms with van der Waals surface area (Å²) >= 11 is 0. The van der Waals surface area contributed by atoms with Gasteiger partial charge in [-0.1, -0.05) is 12.1 Å². The number of hydrogen-bond donors (Lipinski definition) is 1. The summed E-state index contributed by atoms with van der Waals surface area (Å²) in [4.78, 5) is 7.11. The van der Waals surface area contributed by atoms with Crippen molar-refractivity contribution >= 4 is 11.0 Å². The number of para-hydroxylation sites is 1. The quantitative estimate of drug-likeness (QED) is 0.765. The van der Waals surface area contributed by atoms with E-state index in [1.54, 1.807) is 18.2 Å². The van der Waals surface area contributed by atoms with E-state index in [9.17, 15) is 8.78 Å². The summed E-state index contributed by atoms with van der Waals surface area (Å²) in [7, 11) is 1.52. The summed E-state index contributed by atoms with van der Waals surface area (Å²) in [6.07, 6.45) is 0. The van der Waals surface area contributed by atoms with Crippen molar-refractivity contribution in [2.24, 2.45) is 0 Å². The molecule has 1 heterocycles. The Morgan fingerprint density at radius 1 is 1.05 bits per heavy atom. The minimum atomic E-state index is -0.655. The number of nitrogens with one attached hydrogen (secondary N) is 1. The van der Waals surface area contributed by atoms with Crippen LogP contribution in [0.3, 0.4) is 0 Å². The van der Waals surface area contributed by atoms with Gasteiger partial charge < -0.3 is 9.72 Å². The molecule has 0 saturated carbocycles. The molecular formula is C14H10F2N2O. The number of halogens is 2. The first kappa shape index (κ1) is 11.6. The summed E-state index contributed by atoms with van der Waals surface area (Å²) in [5.74, 6) is -0.608. The molecular weight excluding hydrogens is 250 g/mol. The van der Waals surface area contributed by atoms with Gasteiger partial charge in [0, 0.05) is 0 Å². The van der Waals surface area contributed by atoms with Crippen molar-refractivity contribution in [2.45, 2.75) is 0 Å². The maximum absolute atomic E-state index is 13.7. The van der Waals surface area contributed by atoms with Crippen molar-refractivity contribution in [3.8, 4) is 17.1 Å². The van der Waals surface area contributed by atoms with Gasteiger partial charge in [0.05, 0.1) is 18.2 Å². The fourth-order valence-electron chi connectivity index (χ4n) is 2.01. The monoisotopic (exact) mass is 260 g/mol. The molecule has 19 heavy (non-hydrogen) atoms. The molecule has 0 fully saturated rings. The lowest BCUT2D eigenvalue weighted by Gasteiger charge is -2.00. The van der Waals surface area contributed by atoms with Crippen molar-refractivity contribution in [2.75, 3.05) is 7.11 Å². The number of benzene rings is 2. The molecule has 0 aliphatic rings. The number of nitrogens with zero attached hydrogens (tertiary/aromatic N) is 1. The molecule has 2 aromatic carbocycles. The zero-order valence-electron chi connectivity index (χ0n) is 10.1. The maximum Gasteiger partial charge on any atom is 0.146 e. The Labute approximate surface area is 107 Å². The summed E-state index contributed by atoms with van der Waals surface area (Å²) < 4.78 is 32.6. The van der Waals surface area contributed by atoms with Gasteiger partial charge >= 0.3 is 0 Å². The van der Waals surface area contributed by atoms with E-state index >= 15 is 0 Å². The molecule has 0 aliphatic carbocycles. The zero-order chi connectivity index (χ0) is 13.4. The van der Waals surface area contributed by atoms with Crippen molar-refractivity contribution in [3.63, 3.8) is 0 Å². The Hall–Kier alpha value is -2.43. The molecule has 0 unspecified atom stereocenters. The first-order valence-electron chi connectivity index (χ1n) is 5.68. The van der Waals surface area contributed by atoms with Crippen molar-refractivity contribution < 1.29 is 13.5 Å². The minimum Gasteiger partial charge on any atom is -0.494 e. The standard InChI is InChI=1S/C14H10F2N2O/c1-19-11-7-3-6-10-13(11)18-14(17-10)12-8(15)4-2-5-9(12)16/h2-7H,1H3,(H,17,18). The van der Waals surface area contributed by atoms with Gasteiger partial charge in [-0.25, -0.2) is 13.8 Å². The third-order valence-electron chi connectivity index (χ3n) is 2.90. The first-order valence-corrected chi connectivity index (χ1v) is 5.68. The van der Waals surface area contributed by atoms with E-state index in [1.165, 1.54) is 25.3 Å². The second kappa shape index (κ2) is 4.35. The Morgan fingerprint density at radius 2 is 1.74 bits per heavy atom. The van der Waals surface area contributed by atoms with E-state index in [4.69, 9.17) is 4.74 Å². The molecule has 0 atom stereocenters. The van der Waals surface area contributed by atoms with E-state index in [0.717, 1.165) is 0 Å². The highest BCUT2D eigenvalue weighted by molar-refractivity contribution is 5.84. The molecule has 3 aromatic rings. The molecule has 0 aliphatic heterocycles. The summed E-state index contributed by atoms with van der Waals surface area (Å²) in [5, 5.41) is 0. The van der Waals surface area contributed by atoms with Crippen molar-refractivity contribution in [3.05, 3.63) is 48.0 Å². The normalized spacial score (nSPS) is 10.9. The summed E-state index contributed by atoms with van der Waals surface area (Å²) in [5.41, 5.74) is 1.04. The van der Waals surface area contributed by atoms with Gasteiger partial charge in [0.2, 0.25) is 0 Å². The van der Waals surface area contributed by atoms with Crippen LogP contribution in [0.15, 0.2) is 36.4 Å². The first-order chi connectivity index (χ1) is 9.20. The predicted octanol–water partition coefficient (Wildman–Crippen LogP) is 3.52. The third-order valence-corrected chi connectivity index (χ3v) is 2.90. The molecule has 5 heteroatoms. The molecule has 0 spiro atoms. The Bertz CT molecular complexity index is 732. The van der Waals surface area contributed by atoms with E-state index in [1.807, 2.05) is 0 Å². The highest BCUT2D eigenvalue weighted by Crippen LogP contribution is 2.29. The minimum absolute atomic E-state index is 0.148. The lowest BCUT2D eigenvalue weighted by atomic mass is 10.2. The van der Waals surface area contributed by atoms with Crippen LogP contribution < -0.4 is 4.74 Å². The van der Waals surface area contributed by atoms with Crippen LogP contribution in [0.25, 0.3) is 22.4 Å². The van der Waals surface area contributed by atoms with E-state index < -0.39 is 11.6 Å². The van der Waals surface area contributed by atoms with Crippen LogP contribution in [0.1, 0.15) is 0 Å². The highest BCUT2D eigenvalue weighted by Gasteiger charge is 2.16. The number of ether oxygens (including phenoxy) is 1. The number of imidazole rings is 1. The number of fused-ring (bicyclic) bond motifs is 1. The van der Waals surface area contributed by atoms with Crippen LogP contribution in [0.2, 0.25) is 0 Å². The van der Waals surface area contributed by atoms with E-state index in [0.29, 0.717) is 16.8 Å². The van der Waals surface area contributed by atoms with Crippen molar-refractivity contribution in [1.29, 1.82) is 0 Å². The van der Waals surface area contributed by atoms with E-state index in [2.05, 4.69) is 9.97 Å². The predicted molar refractivity (Wildman–Crippen MR) is 68.0 cm³/mol. The van der Waals surface area contributed by atoms with Gasteiger partial charge in [-0.3, -0.25) is 0 Å². The maximum atomic E-state index is 13.7. The van der Waals surface area contributed by atoms with Crippen LogP contribution >= 0.6 is 0 Å². The zero-order valence-corrected chi connectivity index (χ0v) is 10.1. The molecule has 3 nitrogen and oxygen atoms in total. The average Bonchev–Trinajstić information content (AvgIpc) is 2.81. The van der Waals surface area contributed by atoms with E-state index in [-0.39, 0.29) is 11.4 Å². The van der Waals surface area contributed by atoms with Gasteiger partial charge in [0.15, 0.2) is 0 Å². The van der Waals surface area contributed by atoms with Crippen LogP contribution in [0, 0.1) is 11.6 Å². The fourth-order valence-corrected chi connectivity index (χ4v) is 2.01. The van der Waals surface area contributed by atoms with Crippen LogP contribution in [-0.2, 0) is 0 Å². The SMILES string of the molecule is COc1cccc2[nH]c(-c3c(F)cccc3F)nc12. The lowest BCUT2D eigenvalue weighted by Crippen LogP contribution is -1.91. The number of aromatic nitrogens is 2. The molecule has 1 aromatic heterocycles.